The van der Waals surface area contributed by atoms with E-state index in [4.69, 9.17) is 9.47 Å². The molecule has 0 bridgehead atoms. The zero-order valence-corrected chi connectivity index (χ0v) is 16.3. The molecule has 4 rings (SSSR count). The molecule has 3 heterocycles. The van der Waals surface area contributed by atoms with Crippen molar-refractivity contribution in [3.05, 3.63) is 24.4 Å². The minimum atomic E-state index is -0.0440. The van der Waals surface area contributed by atoms with Gasteiger partial charge in [0.1, 0.15) is 0 Å². The third-order valence-electron chi connectivity index (χ3n) is 6.85. The number of ether oxygens (including phenoxy) is 2. The van der Waals surface area contributed by atoms with Crippen LogP contribution in [0.5, 0.6) is 5.88 Å². The Hall–Kier alpha value is -1.62. The third kappa shape index (κ3) is 4.45. The van der Waals surface area contributed by atoms with E-state index in [9.17, 15) is 4.79 Å². The van der Waals surface area contributed by atoms with E-state index in [0.717, 1.165) is 51.8 Å². The molecule has 5 nitrogen and oxygen atoms in total. The van der Waals surface area contributed by atoms with Gasteiger partial charge in [0.25, 0.3) is 0 Å². The molecule has 1 aromatic heterocycles. The van der Waals surface area contributed by atoms with Crippen LogP contribution in [0.15, 0.2) is 24.4 Å². The quantitative estimate of drug-likeness (QED) is 0.762. The summed E-state index contributed by atoms with van der Waals surface area (Å²) in [4.78, 5) is 18.9. The molecule has 0 aromatic carbocycles. The van der Waals surface area contributed by atoms with Gasteiger partial charge in [-0.05, 0) is 56.4 Å². The summed E-state index contributed by atoms with van der Waals surface area (Å²) < 4.78 is 12.1. The van der Waals surface area contributed by atoms with Gasteiger partial charge in [0.2, 0.25) is 11.8 Å². The summed E-state index contributed by atoms with van der Waals surface area (Å²) in [6, 6.07) is 5.74. The van der Waals surface area contributed by atoms with E-state index in [1.165, 1.54) is 25.7 Å². The van der Waals surface area contributed by atoms with Crippen molar-refractivity contribution in [2.75, 3.05) is 26.3 Å². The van der Waals surface area contributed by atoms with Gasteiger partial charge in [-0.1, -0.05) is 18.9 Å². The molecule has 5 heteroatoms. The first-order valence-electron chi connectivity index (χ1n) is 10.7. The highest BCUT2D eigenvalue weighted by Gasteiger charge is 2.46. The Morgan fingerprint density at radius 3 is 2.78 bits per heavy atom. The molecule has 2 aliphatic heterocycles. The van der Waals surface area contributed by atoms with Crippen molar-refractivity contribution in [3.63, 3.8) is 0 Å². The van der Waals surface area contributed by atoms with Crippen LogP contribution in [0.2, 0.25) is 0 Å². The van der Waals surface area contributed by atoms with Crippen LogP contribution in [0.1, 0.15) is 57.8 Å². The highest BCUT2D eigenvalue weighted by molar-refractivity contribution is 5.76. The average molecular weight is 373 g/mol. The maximum Gasteiger partial charge on any atom is 0.222 e. The van der Waals surface area contributed by atoms with Crippen LogP contribution in [0.3, 0.4) is 0 Å². The van der Waals surface area contributed by atoms with Crippen molar-refractivity contribution in [1.29, 1.82) is 0 Å². The van der Waals surface area contributed by atoms with Crippen molar-refractivity contribution < 1.29 is 14.3 Å². The number of likely N-dealkylation sites (tertiary alicyclic amines) is 1. The van der Waals surface area contributed by atoms with E-state index >= 15 is 0 Å². The standard InChI is InChI=1S/C22H32N2O3/c25-21(17-18-5-1-2-6-18)24-13-10-22(11-14-24)19(9-16-27-22)8-15-26-20-7-3-4-12-23-20/h3-4,7,12,18-19H,1-2,5-6,8-11,13-17H2/t19-/m0/s1. The normalized spacial score (nSPS) is 25.2. The van der Waals surface area contributed by atoms with Crippen LogP contribution in [0.4, 0.5) is 0 Å². The van der Waals surface area contributed by atoms with Gasteiger partial charge in [-0.25, -0.2) is 4.98 Å². The van der Waals surface area contributed by atoms with E-state index in [2.05, 4.69) is 9.88 Å². The van der Waals surface area contributed by atoms with Crippen molar-refractivity contribution >= 4 is 5.91 Å². The number of carbonyl (C=O) groups is 1. The average Bonchev–Trinajstić information content (AvgIpc) is 3.34. The molecule has 3 aliphatic rings. The zero-order chi connectivity index (χ0) is 18.5. The largest absolute Gasteiger partial charge is 0.478 e. The summed E-state index contributed by atoms with van der Waals surface area (Å²) in [7, 11) is 0. The Bertz CT molecular complexity index is 607. The summed E-state index contributed by atoms with van der Waals surface area (Å²) in [5, 5.41) is 0. The molecule has 1 aliphatic carbocycles. The Morgan fingerprint density at radius 2 is 2.04 bits per heavy atom. The van der Waals surface area contributed by atoms with Crippen molar-refractivity contribution in [3.8, 4) is 5.88 Å². The fraction of sp³-hybridized carbons (Fsp3) is 0.727. The number of pyridine rings is 1. The lowest BCUT2D eigenvalue weighted by atomic mass is 9.78. The van der Waals surface area contributed by atoms with Gasteiger partial charge in [-0.2, -0.15) is 0 Å². The molecular weight excluding hydrogens is 340 g/mol. The molecule has 1 spiro atoms. The van der Waals surface area contributed by atoms with Gasteiger partial charge in [-0.15, -0.1) is 0 Å². The Kier molecular flexibility index (Phi) is 5.96. The maximum atomic E-state index is 12.6. The van der Waals surface area contributed by atoms with Crippen LogP contribution < -0.4 is 4.74 Å². The lowest BCUT2D eigenvalue weighted by Crippen LogP contribution is -2.49. The Morgan fingerprint density at radius 1 is 1.22 bits per heavy atom. The molecular formula is C22H32N2O3. The first-order valence-corrected chi connectivity index (χ1v) is 10.7. The van der Waals surface area contributed by atoms with Gasteiger partial charge in [0.05, 0.1) is 12.2 Å². The SMILES string of the molecule is O=C(CC1CCCC1)N1CCC2(CC1)OCC[C@@H]2CCOc1ccccn1. The molecule has 1 aromatic rings. The van der Waals surface area contributed by atoms with Crippen LogP contribution >= 0.6 is 0 Å². The number of carbonyl (C=O) groups excluding carboxylic acids is 1. The van der Waals surface area contributed by atoms with Crippen molar-refractivity contribution in [1.82, 2.24) is 9.88 Å². The monoisotopic (exact) mass is 372 g/mol. The molecule has 148 valence electrons. The van der Waals surface area contributed by atoms with E-state index in [-0.39, 0.29) is 5.60 Å². The number of nitrogens with zero attached hydrogens (tertiary/aromatic N) is 2. The zero-order valence-electron chi connectivity index (χ0n) is 16.3. The molecule has 0 unspecified atom stereocenters. The summed E-state index contributed by atoms with van der Waals surface area (Å²) in [6.07, 6.45) is 11.6. The second kappa shape index (κ2) is 8.59. The summed E-state index contributed by atoms with van der Waals surface area (Å²) >= 11 is 0. The maximum absolute atomic E-state index is 12.6. The third-order valence-corrected chi connectivity index (χ3v) is 6.85. The molecule has 0 N–H and O–H groups in total. The van der Waals surface area contributed by atoms with Gasteiger partial charge >= 0.3 is 0 Å². The van der Waals surface area contributed by atoms with Gasteiger partial charge in [-0.3, -0.25) is 4.79 Å². The molecule has 27 heavy (non-hydrogen) atoms. The predicted octanol–water partition coefficient (Wildman–Crippen LogP) is 3.83. The molecule has 2 saturated heterocycles. The molecule has 1 amide bonds. The number of aromatic nitrogens is 1. The van der Waals surface area contributed by atoms with Crippen LogP contribution in [0, 0.1) is 11.8 Å². The number of rotatable bonds is 6. The van der Waals surface area contributed by atoms with E-state index in [1.807, 2.05) is 18.2 Å². The highest BCUT2D eigenvalue weighted by atomic mass is 16.5. The summed E-state index contributed by atoms with van der Waals surface area (Å²) in [5.41, 5.74) is -0.0440. The van der Waals surface area contributed by atoms with Gasteiger partial charge in [0, 0.05) is 38.4 Å². The predicted molar refractivity (Wildman–Crippen MR) is 104 cm³/mol. The van der Waals surface area contributed by atoms with E-state index in [1.54, 1.807) is 6.20 Å². The Balaban J connectivity index is 1.25. The van der Waals surface area contributed by atoms with Crippen molar-refractivity contribution in [2.24, 2.45) is 11.8 Å². The van der Waals surface area contributed by atoms with Crippen molar-refractivity contribution in [2.45, 2.75) is 63.4 Å². The first kappa shape index (κ1) is 18.7. The molecule has 3 fully saturated rings. The molecule has 0 radical (unpaired) electrons. The Labute approximate surface area is 162 Å². The molecule has 1 saturated carbocycles. The minimum Gasteiger partial charge on any atom is -0.478 e. The van der Waals surface area contributed by atoms with Crippen LogP contribution in [-0.4, -0.2) is 47.7 Å². The van der Waals surface area contributed by atoms with Crippen LogP contribution in [-0.2, 0) is 9.53 Å². The highest BCUT2D eigenvalue weighted by Crippen LogP contribution is 2.42. The van der Waals surface area contributed by atoms with Gasteiger partial charge in [0.15, 0.2) is 0 Å². The second-order valence-electron chi connectivity index (χ2n) is 8.44. The van der Waals surface area contributed by atoms with Crippen LogP contribution in [0.25, 0.3) is 0 Å². The fourth-order valence-electron chi connectivity index (χ4n) is 5.21. The lowest BCUT2D eigenvalue weighted by Gasteiger charge is -2.42. The lowest BCUT2D eigenvalue weighted by molar-refractivity contribution is -0.138. The number of hydrogen-bond donors (Lipinski definition) is 0. The summed E-state index contributed by atoms with van der Waals surface area (Å²) in [6.45, 7) is 3.22. The minimum absolute atomic E-state index is 0.0440. The van der Waals surface area contributed by atoms with Gasteiger partial charge < -0.3 is 14.4 Å². The molecule has 1 atom stereocenters. The first-order chi connectivity index (χ1) is 13.3. The summed E-state index contributed by atoms with van der Waals surface area (Å²) in [5.74, 6) is 2.21. The second-order valence-corrected chi connectivity index (χ2v) is 8.44. The fourth-order valence-corrected chi connectivity index (χ4v) is 5.21. The van der Waals surface area contributed by atoms with E-state index in [0.29, 0.717) is 30.2 Å². The number of hydrogen-bond acceptors (Lipinski definition) is 4. The number of piperidine rings is 1. The van der Waals surface area contributed by atoms with E-state index < -0.39 is 0 Å². The topological polar surface area (TPSA) is 51.7 Å². The smallest absolute Gasteiger partial charge is 0.222 e. The number of amides is 1.